The zero-order valence-electron chi connectivity index (χ0n) is 45.3. The van der Waals surface area contributed by atoms with E-state index in [1.165, 1.54) is 270 Å². The Morgan fingerprint density at radius 1 is 0.358 bits per heavy atom. The first-order chi connectivity index (χ1) is 33.1. The number of allylic oxidation sites excluding steroid dienone is 5. The highest BCUT2D eigenvalue weighted by atomic mass is 16.3. The van der Waals surface area contributed by atoms with Crippen LogP contribution in [-0.2, 0) is 4.79 Å². The largest absolute Gasteiger partial charge is 0.394 e. The van der Waals surface area contributed by atoms with Crippen molar-refractivity contribution in [3.63, 3.8) is 0 Å². The summed E-state index contributed by atoms with van der Waals surface area (Å²) in [5.74, 6) is -0.509. The molecule has 1 amide bonds. The quantitative estimate of drug-likeness (QED) is 0.0361. The fraction of sp³-hybridized carbons (Fsp3) is 0.887. The van der Waals surface area contributed by atoms with Crippen molar-refractivity contribution in [1.29, 1.82) is 0 Å². The minimum absolute atomic E-state index is 0.374. The van der Waals surface area contributed by atoms with Gasteiger partial charge in [-0.3, -0.25) is 4.79 Å². The molecule has 0 heterocycles. The maximum atomic E-state index is 12.5. The van der Waals surface area contributed by atoms with Crippen molar-refractivity contribution >= 4 is 5.91 Å². The molecule has 0 saturated carbocycles. The van der Waals surface area contributed by atoms with Crippen LogP contribution in [-0.4, -0.2) is 46.1 Å². The summed E-state index contributed by atoms with van der Waals surface area (Å²) in [5.41, 5.74) is 0. The highest BCUT2D eigenvalue weighted by molar-refractivity contribution is 5.80. The highest BCUT2D eigenvalue weighted by Gasteiger charge is 2.22. The fourth-order valence-corrected chi connectivity index (χ4v) is 9.49. The summed E-state index contributed by atoms with van der Waals surface area (Å²) < 4.78 is 0. The van der Waals surface area contributed by atoms with Gasteiger partial charge in [0.25, 0.3) is 0 Å². The first-order valence-electron chi connectivity index (χ1n) is 30.3. The average molecular weight is 943 g/mol. The number of hydrogen-bond acceptors (Lipinski definition) is 4. The molecule has 0 radical (unpaired) electrons. The van der Waals surface area contributed by atoms with Crippen LogP contribution in [0, 0.1) is 0 Å². The number of hydrogen-bond donors (Lipinski definition) is 4. The molecule has 0 fully saturated rings. The Kier molecular flexibility index (Phi) is 55.9. The molecule has 0 aromatic carbocycles. The normalized spacial score (nSPS) is 13.4. The SMILES string of the molecule is CCCCCCCCCCCCC/C=C/CC/C=C/C(O)C(CO)NC(=O)C(O)CCCCCCCCCCCCCCCCCC/C=C\CCCCCCCCCCCCCCCCCC. The molecule has 0 aromatic rings. The zero-order valence-corrected chi connectivity index (χ0v) is 45.3. The van der Waals surface area contributed by atoms with Crippen molar-refractivity contribution in [2.24, 2.45) is 0 Å². The number of carbonyl (C=O) groups excluding carboxylic acids is 1. The molecule has 5 nitrogen and oxygen atoms in total. The van der Waals surface area contributed by atoms with Gasteiger partial charge in [-0.05, 0) is 57.8 Å². The van der Waals surface area contributed by atoms with Gasteiger partial charge in [0.15, 0.2) is 0 Å². The van der Waals surface area contributed by atoms with E-state index in [0.29, 0.717) is 6.42 Å². The van der Waals surface area contributed by atoms with E-state index in [4.69, 9.17) is 0 Å². The summed E-state index contributed by atoms with van der Waals surface area (Å²) >= 11 is 0. The Morgan fingerprint density at radius 3 is 0.910 bits per heavy atom. The number of rotatable bonds is 56. The number of nitrogens with one attached hydrogen (secondary N) is 1. The van der Waals surface area contributed by atoms with E-state index >= 15 is 0 Å². The summed E-state index contributed by atoms with van der Waals surface area (Å²) in [6.07, 6.45) is 75.4. The van der Waals surface area contributed by atoms with Gasteiger partial charge in [-0.25, -0.2) is 0 Å². The second-order valence-electron chi connectivity index (χ2n) is 20.9. The van der Waals surface area contributed by atoms with Crippen LogP contribution >= 0.6 is 0 Å². The van der Waals surface area contributed by atoms with Crippen LogP contribution in [0.15, 0.2) is 36.5 Å². The van der Waals surface area contributed by atoms with Crippen LogP contribution in [0.2, 0.25) is 0 Å². The lowest BCUT2D eigenvalue weighted by atomic mass is 10.0. The second-order valence-corrected chi connectivity index (χ2v) is 20.9. The molecule has 3 atom stereocenters. The van der Waals surface area contributed by atoms with Crippen molar-refractivity contribution in [2.75, 3.05) is 6.61 Å². The standard InChI is InChI=1S/C62H119NO4/c1-3-5-7-9-11-13-15-17-19-21-22-23-24-25-26-27-28-29-30-31-32-33-34-35-36-37-38-39-41-43-45-47-49-51-53-55-57-61(66)62(67)63-59(58-64)60(65)56-54-52-50-48-46-44-42-40-20-18-16-14-12-10-8-6-4-2/h29-30,46,48,54,56,59-61,64-66H,3-28,31-45,47,49-53,55,57-58H2,1-2H3,(H,63,67)/b30-29-,48-46+,56-54+. The first-order valence-corrected chi connectivity index (χ1v) is 30.3. The van der Waals surface area contributed by atoms with Crippen molar-refractivity contribution < 1.29 is 20.1 Å². The number of carbonyl (C=O) groups is 1. The molecule has 0 saturated heterocycles. The molecule has 0 aliphatic rings. The predicted molar refractivity (Wildman–Crippen MR) is 296 cm³/mol. The van der Waals surface area contributed by atoms with Gasteiger partial charge in [0, 0.05) is 0 Å². The smallest absolute Gasteiger partial charge is 0.249 e. The molecule has 0 aliphatic heterocycles. The van der Waals surface area contributed by atoms with Gasteiger partial charge in [-0.15, -0.1) is 0 Å². The Labute approximate surface area is 419 Å². The molecule has 3 unspecified atom stereocenters. The topological polar surface area (TPSA) is 89.8 Å². The molecule has 0 aliphatic carbocycles. The molecular weight excluding hydrogens is 823 g/mol. The molecule has 67 heavy (non-hydrogen) atoms. The summed E-state index contributed by atoms with van der Waals surface area (Å²) in [4.78, 5) is 12.5. The van der Waals surface area contributed by atoms with Crippen molar-refractivity contribution in [3.05, 3.63) is 36.5 Å². The minimum Gasteiger partial charge on any atom is -0.394 e. The van der Waals surface area contributed by atoms with Crippen molar-refractivity contribution in [1.82, 2.24) is 5.32 Å². The van der Waals surface area contributed by atoms with E-state index in [2.05, 4.69) is 43.5 Å². The third-order valence-corrected chi connectivity index (χ3v) is 14.2. The lowest BCUT2D eigenvalue weighted by Gasteiger charge is -2.21. The highest BCUT2D eigenvalue weighted by Crippen LogP contribution is 2.18. The van der Waals surface area contributed by atoms with Gasteiger partial charge < -0.3 is 20.6 Å². The van der Waals surface area contributed by atoms with E-state index < -0.39 is 24.2 Å². The van der Waals surface area contributed by atoms with Crippen LogP contribution in [0.3, 0.4) is 0 Å². The van der Waals surface area contributed by atoms with Gasteiger partial charge in [0.05, 0.1) is 18.8 Å². The van der Waals surface area contributed by atoms with E-state index in [1.807, 2.05) is 6.08 Å². The number of unbranched alkanes of at least 4 members (excludes halogenated alkanes) is 44. The lowest BCUT2D eigenvalue weighted by molar-refractivity contribution is -0.131. The van der Waals surface area contributed by atoms with E-state index in [1.54, 1.807) is 6.08 Å². The van der Waals surface area contributed by atoms with E-state index in [9.17, 15) is 20.1 Å². The second kappa shape index (κ2) is 57.2. The maximum absolute atomic E-state index is 12.5. The Bertz CT molecular complexity index is 1040. The number of amides is 1. The van der Waals surface area contributed by atoms with Gasteiger partial charge in [0.2, 0.25) is 5.91 Å². The minimum atomic E-state index is -1.11. The Morgan fingerprint density at radius 2 is 0.612 bits per heavy atom. The van der Waals surface area contributed by atoms with Crippen molar-refractivity contribution in [2.45, 2.75) is 347 Å². The fourth-order valence-electron chi connectivity index (χ4n) is 9.49. The Hall–Kier alpha value is -1.43. The predicted octanol–water partition coefficient (Wildman–Crippen LogP) is 19.0. The molecular formula is C62H119NO4. The summed E-state index contributed by atoms with van der Waals surface area (Å²) in [6.45, 7) is 4.20. The molecule has 0 spiro atoms. The van der Waals surface area contributed by atoms with Gasteiger partial charge in [-0.2, -0.15) is 0 Å². The molecule has 0 aromatic heterocycles. The molecule has 5 heteroatoms. The molecule has 396 valence electrons. The van der Waals surface area contributed by atoms with Crippen LogP contribution in [0.5, 0.6) is 0 Å². The average Bonchev–Trinajstić information content (AvgIpc) is 3.33. The zero-order chi connectivity index (χ0) is 48.6. The van der Waals surface area contributed by atoms with Crippen LogP contribution in [0.1, 0.15) is 328 Å². The van der Waals surface area contributed by atoms with E-state index in [-0.39, 0.29) is 6.61 Å². The molecule has 0 bridgehead atoms. The van der Waals surface area contributed by atoms with Gasteiger partial charge in [0.1, 0.15) is 6.10 Å². The van der Waals surface area contributed by atoms with Gasteiger partial charge >= 0.3 is 0 Å². The summed E-state index contributed by atoms with van der Waals surface area (Å²) in [5, 5.41) is 33.3. The van der Waals surface area contributed by atoms with Crippen LogP contribution in [0.4, 0.5) is 0 Å². The Balaban J connectivity index is 3.50. The van der Waals surface area contributed by atoms with Crippen LogP contribution in [0.25, 0.3) is 0 Å². The van der Waals surface area contributed by atoms with Crippen LogP contribution < -0.4 is 5.32 Å². The summed E-state index contributed by atoms with van der Waals surface area (Å²) in [7, 11) is 0. The maximum Gasteiger partial charge on any atom is 0.249 e. The third kappa shape index (κ3) is 52.2. The molecule has 0 rings (SSSR count). The number of aliphatic hydroxyl groups excluding tert-OH is 3. The first kappa shape index (κ1) is 65.6. The monoisotopic (exact) mass is 942 g/mol. The van der Waals surface area contributed by atoms with Gasteiger partial charge in [-0.1, -0.05) is 307 Å². The number of aliphatic hydroxyl groups is 3. The third-order valence-electron chi connectivity index (χ3n) is 14.2. The van der Waals surface area contributed by atoms with Crippen molar-refractivity contribution in [3.8, 4) is 0 Å². The van der Waals surface area contributed by atoms with E-state index in [0.717, 1.165) is 38.5 Å². The summed E-state index contributed by atoms with van der Waals surface area (Å²) in [6, 6.07) is -0.814. The molecule has 4 N–H and O–H groups in total. The lowest BCUT2D eigenvalue weighted by Crippen LogP contribution is -2.48.